The zero-order chi connectivity index (χ0) is 18.2. The van der Waals surface area contributed by atoms with Crippen molar-refractivity contribution >= 4 is 40.5 Å². The zero-order valence-electron chi connectivity index (χ0n) is 13.3. The van der Waals surface area contributed by atoms with E-state index in [0.717, 1.165) is 0 Å². The molecule has 0 saturated heterocycles. The van der Waals surface area contributed by atoms with Gasteiger partial charge in [-0.05, 0) is 42.5 Å². The van der Waals surface area contributed by atoms with Crippen molar-refractivity contribution in [3.05, 3.63) is 65.3 Å². The smallest absolute Gasteiger partial charge is 0.267 e. The van der Waals surface area contributed by atoms with Crippen molar-refractivity contribution in [2.45, 2.75) is 6.92 Å². The Hall–Kier alpha value is -3.30. The van der Waals surface area contributed by atoms with Crippen LogP contribution >= 0.6 is 11.6 Å². The van der Waals surface area contributed by atoms with Gasteiger partial charge in [-0.2, -0.15) is 5.26 Å². The van der Waals surface area contributed by atoms with E-state index in [1.54, 1.807) is 48.5 Å². The number of halogens is 1. The highest BCUT2D eigenvalue weighted by Gasteiger charge is 2.09. The summed E-state index contributed by atoms with van der Waals surface area (Å²) in [7, 11) is 0. The fourth-order valence-electron chi connectivity index (χ4n) is 1.93. The largest absolute Gasteiger partial charge is 0.360 e. The molecule has 2 aromatic carbocycles. The molecule has 0 aromatic heterocycles. The Morgan fingerprint density at radius 1 is 1.04 bits per heavy atom. The van der Waals surface area contributed by atoms with E-state index in [0.29, 0.717) is 22.1 Å². The number of nitrogens with one attached hydrogen (secondary N) is 3. The molecule has 0 unspecified atom stereocenters. The van der Waals surface area contributed by atoms with Gasteiger partial charge >= 0.3 is 0 Å². The summed E-state index contributed by atoms with van der Waals surface area (Å²) in [6, 6.07) is 15.3. The van der Waals surface area contributed by atoms with E-state index in [-0.39, 0.29) is 11.5 Å². The van der Waals surface area contributed by atoms with Crippen LogP contribution in [0.1, 0.15) is 6.92 Å². The minimum Gasteiger partial charge on any atom is -0.360 e. The van der Waals surface area contributed by atoms with Crippen LogP contribution in [0.5, 0.6) is 0 Å². The molecular formula is C18H15ClN4O2. The summed E-state index contributed by atoms with van der Waals surface area (Å²) in [5.41, 5.74) is 1.66. The van der Waals surface area contributed by atoms with Crippen molar-refractivity contribution in [2.24, 2.45) is 0 Å². The van der Waals surface area contributed by atoms with Gasteiger partial charge in [-0.1, -0.05) is 17.7 Å². The summed E-state index contributed by atoms with van der Waals surface area (Å²) in [4.78, 5) is 23.2. The molecule has 6 nitrogen and oxygen atoms in total. The summed E-state index contributed by atoms with van der Waals surface area (Å²) >= 11 is 5.79. The molecule has 0 spiro atoms. The molecule has 25 heavy (non-hydrogen) atoms. The average molecular weight is 355 g/mol. The molecule has 2 amide bonds. The molecule has 2 rings (SSSR count). The van der Waals surface area contributed by atoms with Crippen molar-refractivity contribution < 1.29 is 9.59 Å². The van der Waals surface area contributed by atoms with E-state index in [4.69, 9.17) is 11.6 Å². The van der Waals surface area contributed by atoms with Crippen LogP contribution in [0.2, 0.25) is 5.02 Å². The van der Waals surface area contributed by atoms with Crippen LogP contribution in [0.25, 0.3) is 0 Å². The van der Waals surface area contributed by atoms with Crippen molar-refractivity contribution in [3.63, 3.8) is 0 Å². The third kappa shape index (κ3) is 5.68. The van der Waals surface area contributed by atoms with Crippen LogP contribution < -0.4 is 16.0 Å². The van der Waals surface area contributed by atoms with Gasteiger partial charge in [0.15, 0.2) is 0 Å². The molecule has 126 valence electrons. The van der Waals surface area contributed by atoms with Gasteiger partial charge < -0.3 is 16.0 Å². The average Bonchev–Trinajstić information content (AvgIpc) is 2.57. The molecule has 0 heterocycles. The van der Waals surface area contributed by atoms with Crippen LogP contribution in [-0.4, -0.2) is 11.8 Å². The number of nitrogens with zero attached hydrogens (tertiary/aromatic N) is 1. The SMILES string of the molecule is CC(=O)Nc1cccc(N/C=C(/C#N)C(=O)Nc2ccc(Cl)cc2)c1. The summed E-state index contributed by atoms with van der Waals surface area (Å²) in [5, 5.41) is 17.9. The standard InChI is InChI=1S/C18H15ClN4O2/c1-12(24)22-17-4-2-3-16(9-17)21-11-13(10-20)18(25)23-15-7-5-14(19)6-8-15/h2-9,11,21H,1H3,(H,22,24)(H,23,25)/b13-11-. The molecule has 0 radical (unpaired) electrons. The van der Waals surface area contributed by atoms with Crippen molar-refractivity contribution in [3.8, 4) is 6.07 Å². The van der Waals surface area contributed by atoms with Crippen molar-refractivity contribution in [2.75, 3.05) is 16.0 Å². The van der Waals surface area contributed by atoms with Crippen LogP contribution in [0.15, 0.2) is 60.3 Å². The van der Waals surface area contributed by atoms with Crippen LogP contribution in [0, 0.1) is 11.3 Å². The lowest BCUT2D eigenvalue weighted by Crippen LogP contribution is -2.14. The number of anilines is 3. The minimum atomic E-state index is -0.546. The molecule has 7 heteroatoms. The second-order valence-corrected chi connectivity index (χ2v) is 5.47. The Balaban J connectivity index is 2.07. The summed E-state index contributed by atoms with van der Waals surface area (Å²) < 4.78 is 0. The van der Waals surface area contributed by atoms with Crippen LogP contribution in [0.4, 0.5) is 17.1 Å². The first-order valence-electron chi connectivity index (χ1n) is 7.29. The number of amides is 2. The first-order chi connectivity index (χ1) is 12.0. The molecule has 3 N–H and O–H groups in total. The van der Waals surface area contributed by atoms with Gasteiger partial charge in [0.25, 0.3) is 5.91 Å². The van der Waals surface area contributed by atoms with E-state index in [9.17, 15) is 14.9 Å². The first-order valence-corrected chi connectivity index (χ1v) is 7.67. The van der Waals surface area contributed by atoms with Gasteiger partial charge in [0.1, 0.15) is 11.6 Å². The van der Waals surface area contributed by atoms with Gasteiger partial charge in [0.05, 0.1) is 0 Å². The van der Waals surface area contributed by atoms with Crippen molar-refractivity contribution in [1.82, 2.24) is 0 Å². The predicted octanol–water partition coefficient (Wildman–Crippen LogP) is 3.76. The maximum atomic E-state index is 12.1. The third-order valence-corrected chi connectivity index (χ3v) is 3.29. The minimum absolute atomic E-state index is 0.0973. The monoisotopic (exact) mass is 354 g/mol. The highest BCUT2D eigenvalue weighted by atomic mass is 35.5. The number of carbonyl (C=O) groups is 2. The molecule has 0 aliphatic heterocycles. The fourth-order valence-corrected chi connectivity index (χ4v) is 2.05. The van der Waals surface area contributed by atoms with E-state index in [1.165, 1.54) is 13.1 Å². The second kappa shape index (κ2) is 8.52. The Morgan fingerprint density at radius 2 is 1.72 bits per heavy atom. The number of benzene rings is 2. The summed E-state index contributed by atoms with van der Waals surface area (Å²) in [6.07, 6.45) is 1.30. The number of rotatable bonds is 5. The number of carbonyl (C=O) groups excluding carboxylic acids is 2. The van der Waals surface area contributed by atoms with Gasteiger partial charge in [0, 0.05) is 35.2 Å². The lowest BCUT2D eigenvalue weighted by Gasteiger charge is -2.07. The normalized spacial score (nSPS) is 10.5. The molecule has 0 fully saturated rings. The molecular weight excluding hydrogens is 340 g/mol. The Kier molecular flexibility index (Phi) is 6.15. The molecule has 0 saturated carbocycles. The highest BCUT2D eigenvalue weighted by molar-refractivity contribution is 6.30. The number of hydrogen-bond donors (Lipinski definition) is 3. The van der Waals surface area contributed by atoms with E-state index in [1.807, 2.05) is 6.07 Å². The number of nitriles is 1. The summed E-state index contributed by atoms with van der Waals surface area (Å²) in [5.74, 6) is -0.733. The first kappa shape index (κ1) is 18.0. The molecule has 0 aliphatic carbocycles. The van der Waals surface area contributed by atoms with E-state index in [2.05, 4.69) is 16.0 Å². The topological polar surface area (TPSA) is 94.0 Å². The van der Waals surface area contributed by atoms with Gasteiger partial charge in [-0.3, -0.25) is 9.59 Å². The Labute approximate surface area is 150 Å². The Bertz CT molecular complexity index is 854. The molecule has 0 atom stereocenters. The quantitative estimate of drug-likeness (QED) is 0.563. The second-order valence-electron chi connectivity index (χ2n) is 5.04. The van der Waals surface area contributed by atoms with Crippen molar-refractivity contribution in [1.29, 1.82) is 5.26 Å². The fraction of sp³-hybridized carbons (Fsp3) is 0.0556. The van der Waals surface area contributed by atoms with Gasteiger partial charge in [0.2, 0.25) is 5.91 Å². The summed E-state index contributed by atoms with van der Waals surface area (Å²) in [6.45, 7) is 1.41. The Morgan fingerprint density at radius 3 is 2.36 bits per heavy atom. The third-order valence-electron chi connectivity index (χ3n) is 3.03. The highest BCUT2D eigenvalue weighted by Crippen LogP contribution is 2.16. The van der Waals surface area contributed by atoms with E-state index < -0.39 is 5.91 Å². The number of hydrogen-bond acceptors (Lipinski definition) is 4. The maximum Gasteiger partial charge on any atom is 0.267 e. The van der Waals surface area contributed by atoms with E-state index >= 15 is 0 Å². The van der Waals surface area contributed by atoms with Gasteiger partial charge in [-0.25, -0.2) is 0 Å². The molecule has 2 aromatic rings. The van der Waals surface area contributed by atoms with Crippen LogP contribution in [0.3, 0.4) is 0 Å². The molecule has 0 aliphatic rings. The van der Waals surface area contributed by atoms with Crippen LogP contribution in [-0.2, 0) is 9.59 Å². The maximum absolute atomic E-state index is 12.1. The lowest BCUT2D eigenvalue weighted by molar-refractivity contribution is -0.114. The lowest BCUT2D eigenvalue weighted by atomic mass is 10.2. The predicted molar refractivity (Wildman–Crippen MR) is 98.1 cm³/mol. The van der Waals surface area contributed by atoms with Gasteiger partial charge in [-0.15, -0.1) is 0 Å². The molecule has 0 bridgehead atoms. The zero-order valence-corrected chi connectivity index (χ0v) is 14.1.